The minimum absolute atomic E-state index is 0.244. The molecular formula is C17H29NO2. The second-order valence-corrected chi connectivity index (χ2v) is 5.05. The van der Waals surface area contributed by atoms with E-state index in [1.54, 1.807) is 0 Å². The van der Waals surface area contributed by atoms with Crippen LogP contribution in [-0.4, -0.2) is 25.8 Å². The summed E-state index contributed by atoms with van der Waals surface area (Å²) in [7, 11) is 0. The minimum atomic E-state index is 0.244. The smallest absolute Gasteiger partial charge is 0.120 e. The van der Waals surface area contributed by atoms with Gasteiger partial charge in [0.1, 0.15) is 17.6 Å². The van der Waals surface area contributed by atoms with Gasteiger partial charge in [-0.2, -0.15) is 0 Å². The molecule has 0 aliphatic carbocycles. The second kappa shape index (κ2) is 10.6. The van der Waals surface area contributed by atoms with Crippen LogP contribution in [0.1, 0.15) is 46.5 Å². The van der Waals surface area contributed by atoms with Crippen molar-refractivity contribution in [2.24, 2.45) is 0 Å². The lowest BCUT2D eigenvalue weighted by molar-refractivity contribution is 0.186. The van der Waals surface area contributed by atoms with Gasteiger partial charge in [0.15, 0.2) is 0 Å². The molecule has 114 valence electrons. The molecule has 0 saturated heterocycles. The topological polar surface area (TPSA) is 30.5 Å². The summed E-state index contributed by atoms with van der Waals surface area (Å²) in [6.07, 6.45) is 4.64. The van der Waals surface area contributed by atoms with Crippen LogP contribution in [0.5, 0.6) is 11.5 Å². The zero-order valence-electron chi connectivity index (χ0n) is 13.2. The van der Waals surface area contributed by atoms with E-state index in [4.69, 9.17) is 9.47 Å². The van der Waals surface area contributed by atoms with Crippen LogP contribution in [-0.2, 0) is 0 Å². The maximum absolute atomic E-state index is 6.04. The van der Waals surface area contributed by atoms with Crippen molar-refractivity contribution in [2.45, 2.75) is 52.6 Å². The maximum atomic E-state index is 6.04. The highest BCUT2D eigenvalue weighted by atomic mass is 16.5. The quantitative estimate of drug-likeness (QED) is 0.621. The minimum Gasteiger partial charge on any atom is -0.494 e. The van der Waals surface area contributed by atoms with E-state index >= 15 is 0 Å². The number of rotatable bonds is 11. The van der Waals surface area contributed by atoms with Crippen LogP contribution in [0, 0.1) is 0 Å². The van der Waals surface area contributed by atoms with E-state index in [0.29, 0.717) is 0 Å². The van der Waals surface area contributed by atoms with Gasteiger partial charge in [0.2, 0.25) is 0 Å². The van der Waals surface area contributed by atoms with Gasteiger partial charge < -0.3 is 14.8 Å². The molecule has 0 radical (unpaired) electrons. The summed E-state index contributed by atoms with van der Waals surface area (Å²) >= 11 is 0. The Balaban J connectivity index is 2.45. The van der Waals surface area contributed by atoms with Crippen molar-refractivity contribution in [1.82, 2.24) is 5.32 Å². The van der Waals surface area contributed by atoms with Crippen molar-refractivity contribution in [3.8, 4) is 11.5 Å². The van der Waals surface area contributed by atoms with Crippen molar-refractivity contribution in [3.63, 3.8) is 0 Å². The van der Waals surface area contributed by atoms with Crippen molar-refractivity contribution in [1.29, 1.82) is 0 Å². The molecule has 1 aromatic rings. The molecule has 1 aromatic carbocycles. The zero-order chi connectivity index (χ0) is 14.6. The molecule has 3 nitrogen and oxygen atoms in total. The number of hydrogen-bond acceptors (Lipinski definition) is 3. The van der Waals surface area contributed by atoms with Gasteiger partial charge in [0, 0.05) is 6.54 Å². The molecule has 1 N–H and O–H groups in total. The van der Waals surface area contributed by atoms with Crippen LogP contribution in [0.3, 0.4) is 0 Å². The Kier molecular flexibility index (Phi) is 8.88. The largest absolute Gasteiger partial charge is 0.494 e. The van der Waals surface area contributed by atoms with Crippen molar-refractivity contribution >= 4 is 0 Å². The third kappa shape index (κ3) is 6.80. The Morgan fingerprint density at radius 2 is 1.65 bits per heavy atom. The average molecular weight is 279 g/mol. The van der Waals surface area contributed by atoms with Gasteiger partial charge in [0.05, 0.1) is 6.61 Å². The Labute approximate surface area is 123 Å². The molecule has 1 atom stereocenters. The zero-order valence-corrected chi connectivity index (χ0v) is 13.2. The molecule has 0 bridgehead atoms. The molecule has 0 amide bonds. The summed E-state index contributed by atoms with van der Waals surface area (Å²) in [6.45, 7) is 9.20. The van der Waals surface area contributed by atoms with Gasteiger partial charge in [-0.3, -0.25) is 0 Å². The molecule has 0 spiro atoms. The molecule has 1 unspecified atom stereocenters. The highest BCUT2D eigenvalue weighted by Crippen LogP contribution is 2.19. The molecule has 0 aliphatic rings. The first-order valence-electron chi connectivity index (χ1n) is 7.90. The van der Waals surface area contributed by atoms with E-state index < -0.39 is 0 Å². The normalized spacial score (nSPS) is 12.2. The first-order valence-corrected chi connectivity index (χ1v) is 7.90. The van der Waals surface area contributed by atoms with Crippen molar-refractivity contribution in [2.75, 3.05) is 19.7 Å². The summed E-state index contributed by atoms with van der Waals surface area (Å²) in [6, 6.07) is 7.95. The predicted octanol–water partition coefficient (Wildman–Crippen LogP) is 4.02. The van der Waals surface area contributed by atoms with Gasteiger partial charge in [-0.05, 0) is 50.1 Å². The summed E-state index contributed by atoms with van der Waals surface area (Å²) in [5, 5.41) is 3.43. The Morgan fingerprint density at radius 3 is 2.25 bits per heavy atom. The molecule has 0 aromatic heterocycles. The molecule has 0 fully saturated rings. The van der Waals surface area contributed by atoms with Crippen LogP contribution in [0.25, 0.3) is 0 Å². The summed E-state index contributed by atoms with van der Waals surface area (Å²) < 4.78 is 11.6. The fraction of sp³-hybridized carbons (Fsp3) is 0.647. The number of hydrogen-bond donors (Lipinski definition) is 1. The fourth-order valence-electron chi connectivity index (χ4n) is 1.99. The predicted molar refractivity (Wildman–Crippen MR) is 84.7 cm³/mol. The summed E-state index contributed by atoms with van der Waals surface area (Å²) in [4.78, 5) is 0. The van der Waals surface area contributed by atoms with Crippen molar-refractivity contribution in [3.05, 3.63) is 24.3 Å². The molecule has 0 heterocycles. The lowest BCUT2D eigenvalue weighted by Gasteiger charge is -2.19. The van der Waals surface area contributed by atoms with Gasteiger partial charge in [0.25, 0.3) is 0 Å². The number of nitrogens with one attached hydrogen (secondary N) is 1. The SMILES string of the molecule is CCCNCC(CCC)Oc1ccc(OCCC)cc1. The average Bonchev–Trinajstić information content (AvgIpc) is 2.47. The molecule has 0 saturated carbocycles. The maximum Gasteiger partial charge on any atom is 0.120 e. The molecule has 20 heavy (non-hydrogen) atoms. The first-order chi connectivity index (χ1) is 9.80. The Hall–Kier alpha value is -1.22. The third-order valence-electron chi connectivity index (χ3n) is 3.01. The van der Waals surface area contributed by atoms with Crippen LogP contribution in [0.2, 0.25) is 0 Å². The van der Waals surface area contributed by atoms with Crippen LogP contribution >= 0.6 is 0 Å². The van der Waals surface area contributed by atoms with E-state index in [1.165, 1.54) is 0 Å². The molecule has 0 aliphatic heterocycles. The highest BCUT2D eigenvalue weighted by molar-refractivity contribution is 5.31. The summed E-state index contributed by atoms with van der Waals surface area (Å²) in [5.41, 5.74) is 0. The van der Waals surface area contributed by atoms with E-state index in [2.05, 4.69) is 26.1 Å². The Bertz CT molecular complexity index is 337. The van der Waals surface area contributed by atoms with E-state index in [0.717, 1.165) is 56.9 Å². The highest BCUT2D eigenvalue weighted by Gasteiger charge is 2.09. The lowest BCUT2D eigenvalue weighted by atomic mass is 10.2. The Morgan fingerprint density at radius 1 is 0.950 bits per heavy atom. The van der Waals surface area contributed by atoms with E-state index in [9.17, 15) is 0 Å². The van der Waals surface area contributed by atoms with Gasteiger partial charge >= 0.3 is 0 Å². The van der Waals surface area contributed by atoms with Crippen LogP contribution < -0.4 is 14.8 Å². The monoisotopic (exact) mass is 279 g/mol. The van der Waals surface area contributed by atoms with Gasteiger partial charge in [-0.25, -0.2) is 0 Å². The van der Waals surface area contributed by atoms with E-state index in [1.807, 2.05) is 24.3 Å². The number of benzene rings is 1. The van der Waals surface area contributed by atoms with Gasteiger partial charge in [-0.15, -0.1) is 0 Å². The molecule has 3 heteroatoms. The van der Waals surface area contributed by atoms with Gasteiger partial charge in [-0.1, -0.05) is 27.2 Å². The number of ether oxygens (including phenoxy) is 2. The third-order valence-corrected chi connectivity index (χ3v) is 3.01. The molecule has 1 rings (SSSR count). The van der Waals surface area contributed by atoms with Crippen molar-refractivity contribution < 1.29 is 9.47 Å². The second-order valence-electron chi connectivity index (χ2n) is 5.05. The fourth-order valence-corrected chi connectivity index (χ4v) is 1.99. The van der Waals surface area contributed by atoms with Crippen LogP contribution in [0.4, 0.5) is 0 Å². The molecular weight excluding hydrogens is 250 g/mol. The summed E-state index contributed by atoms with van der Waals surface area (Å²) in [5.74, 6) is 1.83. The standard InChI is InChI=1S/C17H29NO2/c1-4-7-17(14-18-12-5-2)20-16-10-8-15(9-11-16)19-13-6-3/h8-11,17-18H,4-7,12-14H2,1-3H3. The van der Waals surface area contributed by atoms with Crippen LogP contribution in [0.15, 0.2) is 24.3 Å². The lowest BCUT2D eigenvalue weighted by Crippen LogP contribution is -2.31. The van der Waals surface area contributed by atoms with E-state index in [-0.39, 0.29) is 6.10 Å². The first kappa shape index (κ1) is 16.8.